The molecule has 0 bridgehead atoms. The highest BCUT2D eigenvalue weighted by atomic mass is 19.4. The molecule has 0 unspecified atom stereocenters. The monoisotopic (exact) mass is 264 g/mol. The molecule has 1 aromatic carbocycles. The first-order valence-electron chi connectivity index (χ1n) is 5.54. The highest BCUT2D eigenvalue weighted by Crippen LogP contribution is 2.24. The summed E-state index contributed by atoms with van der Waals surface area (Å²) in [5.74, 6) is -0.395. The summed E-state index contributed by atoms with van der Waals surface area (Å²) in [6.07, 6.45) is -5.07. The van der Waals surface area contributed by atoms with Crippen molar-refractivity contribution in [3.8, 4) is 0 Å². The number of nitrogens with zero attached hydrogens (tertiary/aromatic N) is 1. The van der Waals surface area contributed by atoms with E-state index in [-0.39, 0.29) is 6.54 Å². The largest absolute Gasteiger partial charge is 0.390 e. The average molecular weight is 264 g/mol. The van der Waals surface area contributed by atoms with Gasteiger partial charge < -0.3 is 10.2 Å². The third kappa shape index (κ3) is 4.52. The molecule has 0 atom stereocenters. The van der Waals surface area contributed by atoms with Crippen molar-refractivity contribution in [3.05, 3.63) is 29.6 Å². The second kappa shape index (κ2) is 6.04. The fraction of sp³-hybridized carbons (Fsp3) is 0.500. The average Bonchev–Trinajstić information content (AvgIpc) is 2.25. The van der Waals surface area contributed by atoms with Crippen LogP contribution in [0, 0.1) is 5.82 Å². The lowest BCUT2D eigenvalue weighted by Crippen LogP contribution is -2.25. The molecule has 0 saturated carbocycles. The van der Waals surface area contributed by atoms with Crippen molar-refractivity contribution >= 4 is 5.69 Å². The fourth-order valence-corrected chi connectivity index (χ4v) is 1.67. The number of hydrogen-bond donors (Lipinski definition) is 1. The second-order valence-corrected chi connectivity index (χ2v) is 4.09. The van der Waals surface area contributed by atoms with E-state index in [1.807, 2.05) is 0 Å². The molecule has 0 fully saturated rings. The van der Waals surface area contributed by atoms with Gasteiger partial charge in [-0.2, -0.15) is 13.2 Å². The highest BCUT2D eigenvalue weighted by Gasteiger charge is 2.27. The topological polar surface area (TPSA) is 15.3 Å². The Labute approximate surface area is 104 Å². The van der Waals surface area contributed by atoms with Gasteiger partial charge in [-0.25, -0.2) is 4.39 Å². The maximum absolute atomic E-state index is 13.1. The summed E-state index contributed by atoms with van der Waals surface area (Å²) in [5, 5.41) is 2.86. The third-order valence-electron chi connectivity index (χ3n) is 2.55. The Morgan fingerprint density at radius 1 is 1.28 bits per heavy atom. The summed E-state index contributed by atoms with van der Waals surface area (Å²) in [6.45, 7) is 0.259. The van der Waals surface area contributed by atoms with Crippen molar-refractivity contribution in [1.29, 1.82) is 0 Å². The molecule has 6 heteroatoms. The van der Waals surface area contributed by atoms with Crippen LogP contribution in [0.15, 0.2) is 18.2 Å². The van der Waals surface area contributed by atoms with Gasteiger partial charge in [-0.15, -0.1) is 0 Å². The van der Waals surface area contributed by atoms with E-state index in [0.717, 1.165) is 0 Å². The Balaban J connectivity index is 2.80. The van der Waals surface area contributed by atoms with E-state index in [2.05, 4.69) is 5.32 Å². The van der Waals surface area contributed by atoms with Gasteiger partial charge in [-0.3, -0.25) is 0 Å². The second-order valence-electron chi connectivity index (χ2n) is 4.09. The van der Waals surface area contributed by atoms with E-state index < -0.39 is 18.4 Å². The zero-order valence-corrected chi connectivity index (χ0v) is 10.3. The predicted molar refractivity (Wildman–Crippen MR) is 63.1 cm³/mol. The van der Waals surface area contributed by atoms with E-state index in [1.165, 1.54) is 23.1 Å². The van der Waals surface area contributed by atoms with Crippen molar-refractivity contribution in [1.82, 2.24) is 5.32 Å². The van der Waals surface area contributed by atoms with Crippen molar-refractivity contribution < 1.29 is 17.6 Å². The van der Waals surface area contributed by atoms with Gasteiger partial charge >= 0.3 is 6.18 Å². The van der Waals surface area contributed by atoms with Crippen molar-refractivity contribution in [3.63, 3.8) is 0 Å². The Morgan fingerprint density at radius 2 is 1.94 bits per heavy atom. The Hall–Kier alpha value is -1.30. The number of alkyl halides is 3. The molecule has 1 aromatic rings. The van der Waals surface area contributed by atoms with Crippen LogP contribution in [0.25, 0.3) is 0 Å². The van der Waals surface area contributed by atoms with E-state index in [9.17, 15) is 17.6 Å². The van der Waals surface area contributed by atoms with E-state index >= 15 is 0 Å². The first-order valence-corrected chi connectivity index (χ1v) is 5.54. The number of hydrogen-bond acceptors (Lipinski definition) is 2. The van der Waals surface area contributed by atoms with Gasteiger partial charge in [0, 0.05) is 25.8 Å². The van der Waals surface area contributed by atoms with Gasteiger partial charge in [0.25, 0.3) is 0 Å². The molecule has 102 valence electrons. The zero-order chi connectivity index (χ0) is 13.8. The summed E-state index contributed by atoms with van der Waals surface area (Å²) >= 11 is 0. The normalized spacial score (nSPS) is 11.7. The van der Waals surface area contributed by atoms with Crippen molar-refractivity contribution in [2.75, 3.05) is 25.5 Å². The van der Waals surface area contributed by atoms with Crippen molar-refractivity contribution in [2.45, 2.75) is 19.1 Å². The highest BCUT2D eigenvalue weighted by molar-refractivity contribution is 5.53. The summed E-state index contributed by atoms with van der Waals surface area (Å²) < 4.78 is 49.5. The van der Waals surface area contributed by atoms with Crippen LogP contribution in [0.4, 0.5) is 23.2 Å². The number of benzene rings is 1. The van der Waals surface area contributed by atoms with Crippen LogP contribution in [-0.2, 0) is 6.54 Å². The first kappa shape index (κ1) is 14.8. The van der Waals surface area contributed by atoms with Crippen LogP contribution >= 0.6 is 0 Å². The van der Waals surface area contributed by atoms with Crippen LogP contribution in [0.1, 0.15) is 12.0 Å². The minimum Gasteiger partial charge on any atom is -0.374 e. The number of rotatable bonds is 5. The minimum absolute atomic E-state index is 0.147. The first-order chi connectivity index (χ1) is 8.33. The van der Waals surface area contributed by atoms with E-state index in [0.29, 0.717) is 17.8 Å². The van der Waals surface area contributed by atoms with Crippen LogP contribution in [0.3, 0.4) is 0 Å². The Morgan fingerprint density at radius 3 is 2.50 bits per heavy atom. The quantitative estimate of drug-likeness (QED) is 0.823. The molecule has 1 N–H and O–H groups in total. The lowest BCUT2D eigenvalue weighted by atomic mass is 10.1. The van der Waals surface area contributed by atoms with E-state index in [4.69, 9.17) is 0 Å². The summed E-state index contributed by atoms with van der Waals surface area (Å²) in [5.41, 5.74) is 1.25. The van der Waals surface area contributed by atoms with Gasteiger partial charge in [0.15, 0.2) is 0 Å². The van der Waals surface area contributed by atoms with E-state index in [1.54, 1.807) is 14.1 Å². The maximum atomic E-state index is 13.1. The summed E-state index contributed by atoms with van der Waals surface area (Å²) in [4.78, 5) is 1.49. The maximum Gasteiger partial charge on any atom is 0.390 e. The van der Waals surface area contributed by atoms with Crippen LogP contribution in [-0.4, -0.2) is 26.8 Å². The molecule has 0 aromatic heterocycles. The molecule has 0 saturated heterocycles. The molecule has 0 aliphatic carbocycles. The molecular formula is C12H16F4N2. The van der Waals surface area contributed by atoms with Crippen LogP contribution < -0.4 is 10.2 Å². The zero-order valence-electron chi connectivity index (χ0n) is 10.3. The summed E-state index contributed by atoms with van der Waals surface area (Å²) in [7, 11) is 3.27. The smallest absolute Gasteiger partial charge is 0.374 e. The minimum atomic E-state index is -4.18. The molecule has 0 amide bonds. The number of nitrogens with one attached hydrogen (secondary N) is 1. The number of anilines is 1. The Bertz CT molecular complexity index is 390. The number of halogens is 4. The molecule has 2 nitrogen and oxygen atoms in total. The lowest BCUT2D eigenvalue weighted by Gasteiger charge is -2.23. The standard InChI is InChI=1S/C12H16F4N2/c1-17-8-9-7-10(13)3-4-11(9)18(2)6-5-12(14,15)16/h3-4,7,17H,5-6,8H2,1-2H3. The van der Waals surface area contributed by atoms with Crippen LogP contribution in [0.5, 0.6) is 0 Å². The molecule has 0 aliphatic rings. The summed E-state index contributed by atoms with van der Waals surface area (Å²) in [6, 6.07) is 4.08. The van der Waals surface area contributed by atoms with Gasteiger partial charge in [0.2, 0.25) is 0 Å². The molecule has 0 heterocycles. The van der Waals surface area contributed by atoms with Gasteiger partial charge in [0.05, 0.1) is 6.42 Å². The van der Waals surface area contributed by atoms with Gasteiger partial charge in [-0.05, 0) is 30.8 Å². The molecular weight excluding hydrogens is 248 g/mol. The van der Waals surface area contributed by atoms with Gasteiger partial charge in [0.1, 0.15) is 5.82 Å². The molecule has 1 rings (SSSR count). The van der Waals surface area contributed by atoms with Crippen LogP contribution in [0.2, 0.25) is 0 Å². The molecule has 0 radical (unpaired) electrons. The molecule has 0 spiro atoms. The van der Waals surface area contributed by atoms with Crippen molar-refractivity contribution in [2.24, 2.45) is 0 Å². The SMILES string of the molecule is CNCc1cc(F)ccc1N(C)CCC(F)(F)F. The molecule has 18 heavy (non-hydrogen) atoms. The third-order valence-corrected chi connectivity index (χ3v) is 2.55. The van der Waals surface area contributed by atoms with Gasteiger partial charge in [-0.1, -0.05) is 0 Å². The fourth-order valence-electron chi connectivity index (χ4n) is 1.67. The predicted octanol–water partition coefficient (Wildman–Crippen LogP) is 2.93. The lowest BCUT2D eigenvalue weighted by molar-refractivity contribution is -0.132. The Kier molecular flexibility index (Phi) is 4.95. The molecule has 0 aliphatic heterocycles.